The molecule has 0 radical (unpaired) electrons. The molecule has 1 aromatic rings. The molecule has 2 atom stereocenters. The second kappa shape index (κ2) is 7.76. The van der Waals surface area contributed by atoms with Crippen LogP contribution in [0.1, 0.15) is 44.2 Å². The Balaban J connectivity index is 2.04. The van der Waals surface area contributed by atoms with Gasteiger partial charge in [-0.2, -0.15) is 0 Å². The summed E-state index contributed by atoms with van der Waals surface area (Å²) >= 11 is 1.69. The van der Waals surface area contributed by atoms with Gasteiger partial charge in [-0.05, 0) is 24.8 Å². The predicted molar refractivity (Wildman–Crippen MR) is 81.7 cm³/mol. The zero-order valence-corrected chi connectivity index (χ0v) is 13.1. The first-order chi connectivity index (χ1) is 9.77. The van der Waals surface area contributed by atoms with E-state index in [2.05, 4.69) is 23.7 Å². The highest BCUT2D eigenvalue weighted by Crippen LogP contribution is 2.29. The van der Waals surface area contributed by atoms with Crippen molar-refractivity contribution in [2.75, 3.05) is 19.8 Å². The smallest absolute Gasteiger partial charge is 0.241 e. The van der Waals surface area contributed by atoms with Gasteiger partial charge in [0.15, 0.2) is 0 Å². The van der Waals surface area contributed by atoms with Gasteiger partial charge in [0.05, 0.1) is 12.6 Å². The fourth-order valence-corrected chi connectivity index (χ4v) is 3.32. The largest absolute Gasteiger partial charge is 0.380 e. The Labute approximate surface area is 125 Å². The van der Waals surface area contributed by atoms with Crippen molar-refractivity contribution in [3.8, 4) is 0 Å². The summed E-state index contributed by atoms with van der Waals surface area (Å²) in [7, 11) is 0. The summed E-state index contributed by atoms with van der Waals surface area (Å²) in [6.07, 6.45) is 3.14. The minimum absolute atomic E-state index is 0.0183. The van der Waals surface area contributed by atoms with Crippen LogP contribution in [0.15, 0.2) is 17.5 Å². The molecule has 1 aromatic heterocycles. The normalized spacial score (nSPS) is 22.7. The van der Waals surface area contributed by atoms with Crippen molar-refractivity contribution in [2.24, 2.45) is 0 Å². The van der Waals surface area contributed by atoms with Gasteiger partial charge in [0, 0.05) is 18.0 Å². The van der Waals surface area contributed by atoms with E-state index in [1.807, 2.05) is 17.9 Å². The molecule has 5 heteroatoms. The number of thiophene rings is 1. The molecule has 112 valence electrons. The number of rotatable bonds is 8. The van der Waals surface area contributed by atoms with E-state index < -0.39 is 0 Å². The fraction of sp³-hybridized carbons (Fsp3) is 0.667. The maximum absolute atomic E-state index is 12.5. The molecule has 1 amide bonds. The summed E-state index contributed by atoms with van der Waals surface area (Å²) in [6, 6.07) is 4.08. The number of nitrogens with one attached hydrogen (secondary N) is 1. The number of carbonyl (C=O) groups excluding carboxylic acids is 1. The van der Waals surface area contributed by atoms with Gasteiger partial charge in [0.1, 0.15) is 6.17 Å². The first kappa shape index (κ1) is 15.5. The first-order valence-corrected chi connectivity index (χ1v) is 8.33. The number of nitrogens with zero attached hydrogens (tertiary/aromatic N) is 1. The lowest BCUT2D eigenvalue weighted by atomic mass is 10.1. The van der Waals surface area contributed by atoms with E-state index in [0.29, 0.717) is 19.8 Å². The van der Waals surface area contributed by atoms with Gasteiger partial charge in [-0.25, -0.2) is 0 Å². The number of carbonyl (C=O) groups is 1. The molecule has 1 aliphatic heterocycles. The zero-order valence-electron chi connectivity index (χ0n) is 12.3. The molecule has 2 heterocycles. The lowest BCUT2D eigenvalue weighted by Crippen LogP contribution is -2.33. The Kier molecular flexibility index (Phi) is 6.01. The van der Waals surface area contributed by atoms with Crippen LogP contribution in [-0.2, 0) is 9.53 Å². The summed E-state index contributed by atoms with van der Waals surface area (Å²) in [6.45, 7) is 6.09. The van der Waals surface area contributed by atoms with Crippen molar-refractivity contribution in [3.63, 3.8) is 0 Å². The van der Waals surface area contributed by atoms with E-state index in [4.69, 9.17) is 4.74 Å². The number of hydrogen-bond acceptors (Lipinski definition) is 4. The van der Waals surface area contributed by atoms with Crippen molar-refractivity contribution in [3.05, 3.63) is 22.4 Å². The van der Waals surface area contributed by atoms with E-state index in [0.717, 1.165) is 19.3 Å². The standard InChI is InChI=1S/C15H24N2O2S/c1-3-5-7-12-15(18)17(9-10-19-4-2)14(16-12)13-8-6-11-20-13/h6,8,11-12,14,16H,3-5,7,9-10H2,1-2H3. The van der Waals surface area contributed by atoms with E-state index in [9.17, 15) is 4.79 Å². The Hall–Kier alpha value is -0.910. The van der Waals surface area contributed by atoms with Crippen LogP contribution >= 0.6 is 11.3 Å². The SMILES string of the molecule is CCCCC1NC(c2cccs2)N(CCOCC)C1=O. The molecule has 2 rings (SSSR count). The third-order valence-corrected chi connectivity index (χ3v) is 4.52. The minimum Gasteiger partial charge on any atom is -0.380 e. The molecule has 1 aliphatic rings. The van der Waals surface area contributed by atoms with E-state index >= 15 is 0 Å². The molecule has 0 bridgehead atoms. The number of hydrogen-bond donors (Lipinski definition) is 1. The second-order valence-electron chi connectivity index (χ2n) is 5.01. The quantitative estimate of drug-likeness (QED) is 0.750. The van der Waals surface area contributed by atoms with E-state index in [1.54, 1.807) is 11.3 Å². The highest BCUT2D eigenvalue weighted by Gasteiger charge is 2.39. The summed E-state index contributed by atoms with van der Waals surface area (Å²) in [4.78, 5) is 15.7. The number of unbranched alkanes of at least 4 members (excludes halogenated alkanes) is 1. The van der Waals surface area contributed by atoms with Crippen LogP contribution in [0.5, 0.6) is 0 Å². The summed E-state index contributed by atoms with van der Waals surface area (Å²) in [5, 5.41) is 5.54. The summed E-state index contributed by atoms with van der Waals surface area (Å²) in [5.74, 6) is 0.219. The first-order valence-electron chi connectivity index (χ1n) is 7.45. The molecule has 4 nitrogen and oxygen atoms in total. The van der Waals surface area contributed by atoms with Gasteiger partial charge in [0.25, 0.3) is 0 Å². The average molecular weight is 296 g/mol. The van der Waals surface area contributed by atoms with Crippen LogP contribution in [-0.4, -0.2) is 36.6 Å². The van der Waals surface area contributed by atoms with Crippen molar-refractivity contribution in [1.82, 2.24) is 10.2 Å². The van der Waals surface area contributed by atoms with Gasteiger partial charge in [-0.1, -0.05) is 25.8 Å². The fourth-order valence-electron chi connectivity index (χ4n) is 2.52. The predicted octanol–water partition coefficient (Wildman–Crippen LogP) is 2.77. The average Bonchev–Trinajstić information content (AvgIpc) is 3.07. The van der Waals surface area contributed by atoms with Crippen LogP contribution < -0.4 is 5.32 Å². The summed E-state index contributed by atoms with van der Waals surface area (Å²) < 4.78 is 5.41. The minimum atomic E-state index is -0.0383. The van der Waals surface area contributed by atoms with Crippen LogP contribution in [0.2, 0.25) is 0 Å². The highest BCUT2D eigenvalue weighted by atomic mass is 32.1. The van der Waals surface area contributed by atoms with Crippen LogP contribution in [0.25, 0.3) is 0 Å². The monoisotopic (exact) mass is 296 g/mol. The molecule has 1 fully saturated rings. The van der Waals surface area contributed by atoms with Crippen LogP contribution in [0.4, 0.5) is 0 Å². The third kappa shape index (κ3) is 3.59. The van der Waals surface area contributed by atoms with Crippen LogP contribution in [0, 0.1) is 0 Å². The van der Waals surface area contributed by atoms with Gasteiger partial charge in [-0.15, -0.1) is 11.3 Å². The second-order valence-corrected chi connectivity index (χ2v) is 5.99. The Morgan fingerprint density at radius 1 is 1.45 bits per heavy atom. The van der Waals surface area contributed by atoms with Gasteiger partial charge >= 0.3 is 0 Å². The Morgan fingerprint density at radius 2 is 2.30 bits per heavy atom. The van der Waals surface area contributed by atoms with E-state index in [1.165, 1.54) is 4.88 Å². The molecule has 0 saturated carbocycles. The van der Waals surface area contributed by atoms with Crippen molar-refractivity contribution >= 4 is 17.2 Å². The number of amides is 1. The maximum atomic E-state index is 12.5. The molecule has 1 N–H and O–H groups in total. The maximum Gasteiger partial charge on any atom is 0.241 e. The van der Waals surface area contributed by atoms with Crippen molar-refractivity contribution in [1.29, 1.82) is 0 Å². The lowest BCUT2D eigenvalue weighted by Gasteiger charge is -2.23. The molecular formula is C15H24N2O2S. The zero-order chi connectivity index (χ0) is 14.4. The Bertz CT molecular complexity index is 408. The van der Waals surface area contributed by atoms with E-state index in [-0.39, 0.29) is 18.1 Å². The molecule has 0 aliphatic carbocycles. The summed E-state index contributed by atoms with van der Waals surface area (Å²) in [5.41, 5.74) is 0. The van der Waals surface area contributed by atoms with Gasteiger partial charge in [-0.3, -0.25) is 10.1 Å². The highest BCUT2D eigenvalue weighted by molar-refractivity contribution is 7.10. The van der Waals surface area contributed by atoms with Crippen molar-refractivity contribution in [2.45, 2.75) is 45.3 Å². The van der Waals surface area contributed by atoms with Crippen LogP contribution in [0.3, 0.4) is 0 Å². The molecule has 2 unspecified atom stereocenters. The molecular weight excluding hydrogens is 272 g/mol. The lowest BCUT2D eigenvalue weighted by molar-refractivity contribution is -0.130. The van der Waals surface area contributed by atoms with Gasteiger partial charge < -0.3 is 9.64 Å². The van der Waals surface area contributed by atoms with Crippen molar-refractivity contribution < 1.29 is 9.53 Å². The number of ether oxygens (including phenoxy) is 1. The third-order valence-electron chi connectivity index (χ3n) is 3.59. The topological polar surface area (TPSA) is 41.6 Å². The molecule has 0 aromatic carbocycles. The van der Waals surface area contributed by atoms with Gasteiger partial charge in [0.2, 0.25) is 5.91 Å². The Morgan fingerprint density at radius 3 is 2.95 bits per heavy atom. The molecule has 20 heavy (non-hydrogen) atoms. The molecule has 1 saturated heterocycles. The molecule has 0 spiro atoms.